The molecular weight excluding hydrogens is 418 g/mol. The zero-order valence-corrected chi connectivity index (χ0v) is 19.0. The molecule has 0 radical (unpaired) electrons. The van der Waals surface area contributed by atoms with Crippen LogP contribution in [-0.4, -0.2) is 24.2 Å². The number of benzene rings is 2. The van der Waals surface area contributed by atoms with E-state index in [0.29, 0.717) is 28.0 Å². The molecule has 0 saturated heterocycles. The SMILES string of the molecule is COc1cc(Nc2ncnc3sc(C)c(-c4ccc(C)c(C)c4)c23)c(OC)cc1Cl. The summed E-state index contributed by atoms with van der Waals surface area (Å²) in [6.07, 6.45) is 1.57. The van der Waals surface area contributed by atoms with Gasteiger partial charge in [0.15, 0.2) is 0 Å². The Kier molecular flexibility index (Phi) is 5.54. The second-order valence-electron chi connectivity index (χ2n) is 7.05. The van der Waals surface area contributed by atoms with Crippen LogP contribution in [-0.2, 0) is 0 Å². The molecule has 0 atom stereocenters. The minimum absolute atomic E-state index is 0.481. The Balaban J connectivity index is 1.90. The molecule has 0 unspecified atom stereocenters. The van der Waals surface area contributed by atoms with Gasteiger partial charge in [0.05, 0.1) is 30.3 Å². The largest absolute Gasteiger partial charge is 0.495 e. The van der Waals surface area contributed by atoms with Gasteiger partial charge in [-0.1, -0.05) is 29.8 Å². The lowest BCUT2D eigenvalue weighted by Crippen LogP contribution is -1.99. The number of ether oxygens (including phenoxy) is 2. The van der Waals surface area contributed by atoms with Crippen molar-refractivity contribution in [1.29, 1.82) is 0 Å². The van der Waals surface area contributed by atoms with Crippen molar-refractivity contribution in [2.24, 2.45) is 0 Å². The Morgan fingerprint density at radius 3 is 2.40 bits per heavy atom. The number of aromatic nitrogens is 2. The van der Waals surface area contributed by atoms with Gasteiger partial charge in [0, 0.05) is 22.6 Å². The Bertz CT molecular complexity index is 1250. The summed E-state index contributed by atoms with van der Waals surface area (Å²) in [5.41, 5.74) is 5.53. The second-order valence-corrected chi connectivity index (χ2v) is 8.66. The highest BCUT2D eigenvalue weighted by Crippen LogP contribution is 2.43. The standard InChI is InChI=1S/C23H22ClN3O2S/c1-12-6-7-15(8-13(12)2)20-14(3)30-23-21(20)22(25-11-26-23)27-17-10-18(28-4)16(24)9-19(17)29-5/h6-11H,1-5H3,(H,25,26,27). The third-order valence-corrected chi connectivity index (χ3v) is 6.50. The highest BCUT2D eigenvalue weighted by molar-refractivity contribution is 7.19. The molecule has 4 rings (SSSR count). The van der Waals surface area contributed by atoms with Gasteiger partial charge in [0.25, 0.3) is 0 Å². The van der Waals surface area contributed by atoms with Crippen molar-refractivity contribution >= 4 is 44.7 Å². The summed E-state index contributed by atoms with van der Waals surface area (Å²) in [4.78, 5) is 11.2. The molecule has 0 aliphatic heterocycles. The number of nitrogens with one attached hydrogen (secondary N) is 1. The number of hydrogen-bond acceptors (Lipinski definition) is 6. The molecule has 0 aliphatic rings. The maximum Gasteiger partial charge on any atom is 0.144 e. The van der Waals surface area contributed by atoms with Crippen molar-refractivity contribution in [3.8, 4) is 22.6 Å². The summed E-state index contributed by atoms with van der Waals surface area (Å²) in [6, 6.07) is 10.1. The maximum absolute atomic E-state index is 6.26. The molecule has 0 fully saturated rings. The fourth-order valence-electron chi connectivity index (χ4n) is 3.47. The molecule has 2 heterocycles. The van der Waals surface area contributed by atoms with Crippen molar-refractivity contribution in [3.05, 3.63) is 57.7 Å². The number of nitrogens with zero attached hydrogens (tertiary/aromatic N) is 2. The van der Waals surface area contributed by atoms with E-state index in [1.54, 1.807) is 38.0 Å². The lowest BCUT2D eigenvalue weighted by Gasteiger charge is -2.15. The van der Waals surface area contributed by atoms with E-state index in [1.807, 2.05) is 6.07 Å². The van der Waals surface area contributed by atoms with Gasteiger partial charge in [0.1, 0.15) is 28.5 Å². The second kappa shape index (κ2) is 8.13. The van der Waals surface area contributed by atoms with Crippen LogP contribution < -0.4 is 14.8 Å². The minimum Gasteiger partial charge on any atom is -0.495 e. The van der Waals surface area contributed by atoms with E-state index >= 15 is 0 Å². The quantitative estimate of drug-likeness (QED) is 0.375. The lowest BCUT2D eigenvalue weighted by molar-refractivity contribution is 0.405. The molecule has 0 spiro atoms. The molecule has 0 amide bonds. The third-order valence-electron chi connectivity index (χ3n) is 5.19. The van der Waals surface area contributed by atoms with E-state index in [1.165, 1.54) is 16.0 Å². The van der Waals surface area contributed by atoms with E-state index in [-0.39, 0.29) is 0 Å². The highest BCUT2D eigenvalue weighted by Gasteiger charge is 2.19. The first-order chi connectivity index (χ1) is 14.4. The van der Waals surface area contributed by atoms with Crippen LogP contribution in [0.25, 0.3) is 21.3 Å². The van der Waals surface area contributed by atoms with Crippen molar-refractivity contribution in [2.75, 3.05) is 19.5 Å². The molecule has 0 saturated carbocycles. The van der Waals surface area contributed by atoms with Crippen molar-refractivity contribution in [2.45, 2.75) is 20.8 Å². The summed E-state index contributed by atoms with van der Waals surface area (Å²) in [5.74, 6) is 1.87. The molecule has 2 aromatic carbocycles. The van der Waals surface area contributed by atoms with Crippen LogP contribution >= 0.6 is 22.9 Å². The van der Waals surface area contributed by atoms with Gasteiger partial charge < -0.3 is 14.8 Å². The fourth-order valence-corrected chi connectivity index (χ4v) is 4.71. The zero-order chi connectivity index (χ0) is 21.4. The molecule has 154 valence electrons. The smallest absolute Gasteiger partial charge is 0.144 e. The van der Waals surface area contributed by atoms with Crippen LogP contribution in [0, 0.1) is 20.8 Å². The summed E-state index contributed by atoms with van der Waals surface area (Å²) in [5, 5.41) is 4.88. The van der Waals surface area contributed by atoms with Gasteiger partial charge in [0.2, 0.25) is 0 Å². The van der Waals surface area contributed by atoms with Gasteiger partial charge in [-0.15, -0.1) is 11.3 Å². The number of rotatable bonds is 5. The third kappa shape index (κ3) is 3.57. The molecule has 4 aromatic rings. The Hall–Kier alpha value is -2.83. The van der Waals surface area contributed by atoms with E-state index in [0.717, 1.165) is 21.3 Å². The number of anilines is 2. The Morgan fingerprint density at radius 1 is 0.933 bits per heavy atom. The first kappa shape index (κ1) is 20.4. The highest BCUT2D eigenvalue weighted by atomic mass is 35.5. The topological polar surface area (TPSA) is 56.3 Å². The first-order valence-electron chi connectivity index (χ1n) is 9.43. The number of hydrogen-bond donors (Lipinski definition) is 1. The summed E-state index contributed by atoms with van der Waals surface area (Å²) in [7, 11) is 3.19. The van der Waals surface area contributed by atoms with Crippen molar-refractivity contribution in [3.63, 3.8) is 0 Å². The van der Waals surface area contributed by atoms with Gasteiger partial charge in [-0.3, -0.25) is 0 Å². The van der Waals surface area contributed by atoms with Gasteiger partial charge >= 0.3 is 0 Å². The fraction of sp³-hybridized carbons (Fsp3) is 0.217. The molecule has 7 heteroatoms. The molecule has 30 heavy (non-hydrogen) atoms. The Labute approximate surface area is 184 Å². The molecule has 2 aromatic heterocycles. The summed E-state index contributed by atoms with van der Waals surface area (Å²) >= 11 is 7.92. The molecule has 5 nitrogen and oxygen atoms in total. The van der Waals surface area contributed by atoms with Crippen LogP contribution in [0.4, 0.5) is 11.5 Å². The van der Waals surface area contributed by atoms with E-state index < -0.39 is 0 Å². The summed E-state index contributed by atoms with van der Waals surface area (Å²) < 4.78 is 10.9. The van der Waals surface area contributed by atoms with Crippen LogP contribution in [0.3, 0.4) is 0 Å². The average molecular weight is 440 g/mol. The van der Waals surface area contributed by atoms with Crippen molar-refractivity contribution in [1.82, 2.24) is 9.97 Å². The number of methoxy groups -OCH3 is 2. The molecule has 0 aliphatic carbocycles. The summed E-state index contributed by atoms with van der Waals surface area (Å²) in [6.45, 7) is 6.36. The maximum atomic E-state index is 6.26. The molecule has 1 N–H and O–H groups in total. The van der Waals surface area contributed by atoms with Gasteiger partial charge in [-0.05, 0) is 37.5 Å². The predicted molar refractivity (Wildman–Crippen MR) is 125 cm³/mol. The number of thiophene rings is 1. The van der Waals surface area contributed by atoms with E-state index in [9.17, 15) is 0 Å². The number of fused-ring (bicyclic) bond motifs is 1. The Morgan fingerprint density at radius 2 is 1.70 bits per heavy atom. The average Bonchev–Trinajstić information content (AvgIpc) is 3.07. The van der Waals surface area contributed by atoms with Gasteiger partial charge in [-0.2, -0.15) is 0 Å². The zero-order valence-electron chi connectivity index (χ0n) is 17.5. The minimum atomic E-state index is 0.481. The molecular formula is C23H22ClN3O2S. The van der Waals surface area contributed by atoms with Gasteiger partial charge in [-0.25, -0.2) is 9.97 Å². The predicted octanol–water partition coefficient (Wildman–Crippen LogP) is 6.70. The number of aryl methyl sites for hydroxylation is 3. The van der Waals surface area contributed by atoms with E-state index in [2.05, 4.69) is 54.3 Å². The van der Waals surface area contributed by atoms with E-state index in [4.69, 9.17) is 21.1 Å². The normalized spacial score (nSPS) is 11.0. The first-order valence-corrected chi connectivity index (χ1v) is 10.6. The van der Waals surface area contributed by atoms with Crippen LogP contribution in [0.1, 0.15) is 16.0 Å². The van der Waals surface area contributed by atoms with Crippen LogP contribution in [0.5, 0.6) is 11.5 Å². The van der Waals surface area contributed by atoms with Crippen LogP contribution in [0.15, 0.2) is 36.7 Å². The number of halogens is 1. The lowest BCUT2D eigenvalue weighted by atomic mass is 9.99. The monoisotopic (exact) mass is 439 g/mol. The van der Waals surface area contributed by atoms with Crippen LogP contribution in [0.2, 0.25) is 5.02 Å². The molecule has 0 bridgehead atoms. The van der Waals surface area contributed by atoms with Crippen molar-refractivity contribution < 1.29 is 9.47 Å².